The van der Waals surface area contributed by atoms with Crippen molar-refractivity contribution < 1.29 is 0 Å². The van der Waals surface area contributed by atoms with Gasteiger partial charge in [0.2, 0.25) is 0 Å². The maximum absolute atomic E-state index is 4.77. The van der Waals surface area contributed by atoms with E-state index in [2.05, 4.69) is 68.5 Å². The minimum absolute atomic E-state index is 0.212. The van der Waals surface area contributed by atoms with Crippen LogP contribution < -0.4 is 5.32 Å². The van der Waals surface area contributed by atoms with E-state index in [1.807, 2.05) is 11.8 Å². The van der Waals surface area contributed by atoms with E-state index in [9.17, 15) is 0 Å². The molecule has 1 N–H and O–H groups in total. The van der Waals surface area contributed by atoms with Crippen molar-refractivity contribution in [2.45, 2.75) is 19.9 Å². The zero-order chi connectivity index (χ0) is 14.6. The molecule has 20 heavy (non-hydrogen) atoms. The second-order valence-corrected chi connectivity index (χ2v) is 7.45. The standard InChI is InChI=1S/C16H25N3S/c1-16(2,12-19(3)4)11-17-15-18-14(10-20-15)13-8-6-5-7-9-13/h5-9,14H,10-12H2,1-4H3,(H,17,18). The molecule has 2 rings (SSSR count). The Labute approximate surface area is 126 Å². The molecule has 1 aromatic carbocycles. The van der Waals surface area contributed by atoms with E-state index in [4.69, 9.17) is 4.99 Å². The maximum Gasteiger partial charge on any atom is 0.157 e. The fourth-order valence-corrected chi connectivity index (χ4v) is 3.52. The molecule has 0 spiro atoms. The number of aliphatic imine (C=N–C) groups is 1. The number of benzene rings is 1. The van der Waals surface area contributed by atoms with Gasteiger partial charge in [0.25, 0.3) is 0 Å². The highest BCUT2D eigenvalue weighted by molar-refractivity contribution is 8.14. The fourth-order valence-electron chi connectivity index (χ4n) is 2.54. The molecule has 1 heterocycles. The van der Waals surface area contributed by atoms with Crippen LogP contribution >= 0.6 is 11.8 Å². The van der Waals surface area contributed by atoms with Crippen LogP contribution in [-0.4, -0.2) is 43.0 Å². The summed E-state index contributed by atoms with van der Waals surface area (Å²) in [4.78, 5) is 6.99. The molecule has 0 radical (unpaired) electrons. The Kier molecular flexibility index (Phi) is 5.11. The van der Waals surface area contributed by atoms with Gasteiger partial charge in [-0.05, 0) is 25.1 Å². The number of rotatable bonds is 5. The Morgan fingerprint density at radius 1 is 1.30 bits per heavy atom. The van der Waals surface area contributed by atoms with Gasteiger partial charge in [-0.15, -0.1) is 0 Å². The normalized spacial score (nSPS) is 21.4. The topological polar surface area (TPSA) is 27.6 Å². The Balaban J connectivity index is 1.91. The van der Waals surface area contributed by atoms with Gasteiger partial charge in [-0.3, -0.25) is 4.99 Å². The van der Waals surface area contributed by atoms with Crippen LogP contribution in [0, 0.1) is 5.41 Å². The summed E-state index contributed by atoms with van der Waals surface area (Å²) in [6.45, 7) is 6.45. The number of nitrogens with one attached hydrogen (secondary N) is 1. The molecule has 4 heteroatoms. The second-order valence-electron chi connectivity index (χ2n) is 6.44. The quantitative estimate of drug-likeness (QED) is 0.904. The molecule has 1 unspecified atom stereocenters. The van der Waals surface area contributed by atoms with Crippen molar-refractivity contribution in [1.29, 1.82) is 0 Å². The van der Waals surface area contributed by atoms with Crippen LogP contribution in [0.4, 0.5) is 0 Å². The van der Waals surface area contributed by atoms with E-state index < -0.39 is 0 Å². The highest BCUT2D eigenvalue weighted by Gasteiger charge is 2.23. The van der Waals surface area contributed by atoms with Crippen LogP contribution in [0.1, 0.15) is 25.5 Å². The molecule has 1 fully saturated rings. The van der Waals surface area contributed by atoms with Crippen molar-refractivity contribution in [3.05, 3.63) is 35.9 Å². The lowest BCUT2D eigenvalue weighted by atomic mass is 9.93. The summed E-state index contributed by atoms with van der Waals surface area (Å²) < 4.78 is 0. The van der Waals surface area contributed by atoms with Crippen molar-refractivity contribution in [2.24, 2.45) is 10.4 Å². The van der Waals surface area contributed by atoms with E-state index in [1.165, 1.54) is 5.56 Å². The molecule has 0 bridgehead atoms. The summed E-state index contributed by atoms with van der Waals surface area (Å²) in [5, 5.41) is 4.62. The molecule has 110 valence electrons. The van der Waals surface area contributed by atoms with Gasteiger partial charge < -0.3 is 10.2 Å². The lowest BCUT2D eigenvalue weighted by Gasteiger charge is -2.26. The summed E-state index contributed by atoms with van der Waals surface area (Å²) in [6, 6.07) is 11.0. The fraction of sp³-hybridized carbons (Fsp3) is 0.562. The monoisotopic (exact) mass is 291 g/mol. The van der Waals surface area contributed by atoms with Gasteiger partial charge in [-0.1, -0.05) is 55.9 Å². The number of hydrogen-bond donors (Lipinski definition) is 1. The molecular formula is C16H25N3S. The van der Waals surface area contributed by atoms with Gasteiger partial charge in [0, 0.05) is 18.8 Å². The Morgan fingerprint density at radius 3 is 2.65 bits per heavy atom. The number of nitrogens with zero attached hydrogens (tertiary/aromatic N) is 2. The molecule has 3 nitrogen and oxygen atoms in total. The molecule has 1 saturated heterocycles. The molecule has 1 aliphatic heterocycles. The molecule has 0 saturated carbocycles. The van der Waals surface area contributed by atoms with Gasteiger partial charge in [0.1, 0.15) is 0 Å². The van der Waals surface area contributed by atoms with Gasteiger partial charge in [-0.2, -0.15) is 0 Å². The third-order valence-electron chi connectivity index (χ3n) is 3.28. The van der Waals surface area contributed by atoms with Crippen LogP contribution in [0.25, 0.3) is 0 Å². The zero-order valence-corrected chi connectivity index (χ0v) is 13.7. The molecule has 1 aromatic rings. The largest absolute Gasteiger partial charge is 0.357 e. The van der Waals surface area contributed by atoms with Crippen LogP contribution in [-0.2, 0) is 0 Å². The predicted molar refractivity (Wildman–Crippen MR) is 89.4 cm³/mol. The predicted octanol–water partition coefficient (Wildman–Crippen LogP) is 3.01. The molecule has 0 aliphatic carbocycles. The summed E-state index contributed by atoms with van der Waals surface area (Å²) in [5.74, 6) is 1.07. The van der Waals surface area contributed by atoms with Crippen molar-refractivity contribution in [3.8, 4) is 0 Å². The van der Waals surface area contributed by atoms with Crippen molar-refractivity contribution >= 4 is 16.9 Å². The average molecular weight is 291 g/mol. The number of amidine groups is 1. The van der Waals surface area contributed by atoms with E-state index in [1.54, 1.807) is 0 Å². The van der Waals surface area contributed by atoms with Crippen LogP contribution in [0.3, 0.4) is 0 Å². The summed E-state index contributed by atoms with van der Waals surface area (Å²) in [6.07, 6.45) is 0. The molecule has 0 amide bonds. The Hall–Kier alpha value is -1.00. The van der Waals surface area contributed by atoms with Crippen molar-refractivity contribution in [2.75, 3.05) is 32.9 Å². The highest BCUT2D eigenvalue weighted by Crippen LogP contribution is 2.26. The lowest BCUT2D eigenvalue weighted by molar-refractivity contribution is 0.249. The third-order valence-corrected chi connectivity index (χ3v) is 4.30. The first-order valence-corrected chi connectivity index (χ1v) is 8.08. The van der Waals surface area contributed by atoms with E-state index in [0.717, 1.165) is 24.0 Å². The molecular weight excluding hydrogens is 266 g/mol. The van der Waals surface area contributed by atoms with Crippen molar-refractivity contribution in [1.82, 2.24) is 10.2 Å². The van der Waals surface area contributed by atoms with Crippen LogP contribution in [0.2, 0.25) is 0 Å². The van der Waals surface area contributed by atoms with Gasteiger partial charge in [0.15, 0.2) is 5.17 Å². The Morgan fingerprint density at radius 2 is 2.00 bits per heavy atom. The van der Waals surface area contributed by atoms with E-state index in [0.29, 0.717) is 6.04 Å². The maximum atomic E-state index is 4.77. The van der Waals surface area contributed by atoms with E-state index in [-0.39, 0.29) is 5.41 Å². The number of thioether (sulfide) groups is 1. The first-order chi connectivity index (χ1) is 9.46. The molecule has 0 aromatic heterocycles. The van der Waals surface area contributed by atoms with Gasteiger partial charge >= 0.3 is 0 Å². The SMILES string of the molecule is CN(C)CC(C)(C)CN=C1NC(c2ccccc2)CS1. The minimum atomic E-state index is 0.212. The summed E-state index contributed by atoms with van der Waals surface area (Å²) in [5.41, 5.74) is 1.56. The van der Waals surface area contributed by atoms with Gasteiger partial charge in [-0.25, -0.2) is 0 Å². The molecule has 1 aliphatic rings. The highest BCUT2D eigenvalue weighted by atomic mass is 32.2. The summed E-state index contributed by atoms with van der Waals surface area (Å²) in [7, 11) is 4.23. The van der Waals surface area contributed by atoms with Crippen LogP contribution in [0.15, 0.2) is 35.3 Å². The summed E-state index contributed by atoms with van der Waals surface area (Å²) >= 11 is 1.83. The average Bonchev–Trinajstić information content (AvgIpc) is 2.85. The third kappa shape index (κ3) is 4.53. The van der Waals surface area contributed by atoms with Crippen molar-refractivity contribution in [3.63, 3.8) is 0 Å². The minimum Gasteiger partial charge on any atom is -0.357 e. The Bertz CT molecular complexity index is 454. The first-order valence-electron chi connectivity index (χ1n) is 7.10. The van der Waals surface area contributed by atoms with Crippen LogP contribution in [0.5, 0.6) is 0 Å². The lowest BCUT2D eigenvalue weighted by Crippen LogP contribution is -2.31. The number of hydrogen-bond acceptors (Lipinski definition) is 3. The second kappa shape index (κ2) is 6.64. The smallest absolute Gasteiger partial charge is 0.157 e. The first kappa shape index (κ1) is 15.4. The molecule has 1 atom stereocenters. The zero-order valence-electron chi connectivity index (χ0n) is 12.9. The van der Waals surface area contributed by atoms with Gasteiger partial charge in [0.05, 0.1) is 6.04 Å². The van der Waals surface area contributed by atoms with E-state index >= 15 is 0 Å².